The van der Waals surface area contributed by atoms with Gasteiger partial charge in [-0.1, -0.05) is 23.0 Å². The summed E-state index contributed by atoms with van der Waals surface area (Å²) in [5, 5.41) is 12.3. The molecule has 0 aliphatic rings. The van der Waals surface area contributed by atoms with Crippen molar-refractivity contribution in [2.45, 2.75) is 13.3 Å². The summed E-state index contributed by atoms with van der Waals surface area (Å²) < 4.78 is 4.08. The fourth-order valence-electron chi connectivity index (χ4n) is 0.696. The van der Waals surface area contributed by atoms with Gasteiger partial charge in [0.15, 0.2) is 0 Å². The number of halogens is 1. The maximum atomic E-state index is 10.4. The molecule has 0 aromatic carbocycles. The molecule has 1 N–H and O–H groups in total. The molecule has 0 aliphatic heterocycles. The van der Waals surface area contributed by atoms with Gasteiger partial charge in [0.2, 0.25) is 0 Å². The molecule has 0 saturated heterocycles. The van der Waals surface area contributed by atoms with E-state index >= 15 is 0 Å². The summed E-state index contributed by atoms with van der Waals surface area (Å²) in [7, 11) is 0. The minimum Gasteiger partial charge on any atom is -0.481 e. The van der Waals surface area contributed by atoms with E-state index in [-0.39, 0.29) is 0 Å². The van der Waals surface area contributed by atoms with Crippen molar-refractivity contribution in [1.82, 2.24) is 9.59 Å². The third-order valence-electron chi connectivity index (χ3n) is 1.43. The molecule has 0 radical (unpaired) electrons. The van der Waals surface area contributed by atoms with Gasteiger partial charge in [0.25, 0.3) is 0 Å². The third kappa shape index (κ3) is 2.15. The number of aromatic nitrogens is 2. The number of carboxylic acid groups (broad SMARTS) is 1. The van der Waals surface area contributed by atoms with Gasteiger partial charge in [-0.3, -0.25) is 4.79 Å². The number of aliphatic carboxylic acids is 1. The highest BCUT2D eigenvalue weighted by Gasteiger charge is 2.15. The molecule has 1 aromatic rings. The Balaban J connectivity index is 2.64. The molecule has 4 nitrogen and oxygen atoms in total. The summed E-state index contributed by atoms with van der Waals surface area (Å²) in [6, 6.07) is 0. The van der Waals surface area contributed by atoms with E-state index < -0.39 is 11.9 Å². The maximum Gasteiger partial charge on any atom is 0.306 e. The van der Waals surface area contributed by atoms with Crippen LogP contribution in [0.5, 0.6) is 0 Å². The molecule has 66 valence electrons. The van der Waals surface area contributed by atoms with Crippen LogP contribution in [0.3, 0.4) is 0 Å². The van der Waals surface area contributed by atoms with Crippen molar-refractivity contribution in [2.24, 2.45) is 5.92 Å². The van der Waals surface area contributed by atoms with Crippen LogP contribution in [-0.4, -0.2) is 20.7 Å². The largest absolute Gasteiger partial charge is 0.481 e. The van der Waals surface area contributed by atoms with Gasteiger partial charge >= 0.3 is 5.97 Å². The lowest BCUT2D eigenvalue weighted by molar-refractivity contribution is -0.141. The van der Waals surface area contributed by atoms with E-state index in [0.717, 1.165) is 11.5 Å². The van der Waals surface area contributed by atoms with E-state index in [0.29, 0.717) is 16.5 Å². The second-order valence-corrected chi connectivity index (χ2v) is 3.79. The van der Waals surface area contributed by atoms with E-state index in [9.17, 15) is 4.79 Å². The molecule has 0 saturated carbocycles. The maximum absolute atomic E-state index is 10.4. The van der Waals surface area contributed by atoms with Gasteiger partial charge in [-0.15, -0.1) is 5.10 Å². The second-order valence-electron chi connectivity index (χ2n) is 2.44. The lowest BCUT2D eigenvalue weighted by atomic mass is 10.1. The van der Waals surface area contributed by atoms with Crippen LogP contribution in [0, 0.1) is 5.92 Å². The van der Waals surface area contributed by atoms with Crippen molar-refractivity contribution in [3.63, 3.8) is 0 Å². The first-order valence-corrected chi connectivity index (χ1v) is 4.46. The van der Waals surface area contributed by atoms with Crippen molar-refractivity contribution in [1.29, 1.82) is 0 Å². The molecule has 0 spiro atoms. The number of nitrogens with zero attached hydrogens (tertiary/aromatic N) is 2. The minimum atomic E-state index is -0.848. The van der Waals surface area contributed by atoms with E-state index in [1.54, 1.807) is 6.92 Å². The Morgan fingerprint density at radius 1 is 1.83 bits per heavy atom. The zero-order valence-electron chi connectivity index (χ0n) is 6.32. The van der Waals surface area contributed by atoms with Crippen LogP contribution < -0.4 is 0 Å². The van der Waals surface area contributed by atoms with Crippen molar-refractivity contribution < 1.29 is 9.90 Å². The van der Waals surface area contributed by atoms with Crippen molar-refractivity contribution >= 4 is 29.1 Å². The lowest BCUT2D eigenvalue weighted by Gasteiger charge is -2.01. The average Bonchev–Trinajstić information content (AvgIpc) is 2.36. The fraction of sp³-hybridized carbons (Fsp3) is 0.500. The van der Waals surface area contributed by atoms with Crippen LogP contribution in [0.1, 0.15) is 12.6 Å². The number of hydrogen-bond acceptors (Lipinski definition) is 4. The highest BCUT2D eigenvalue weighted by molar-refractivity contribution is 7.10. The van der Waals surface area contributed by atoms with E-state index in [1.807, 2.05) is 0 Å². The molecule has 0 fully saturated rings. The Kier molecular flexibility index (Phi) is 2.99. The first-order valence-electron chi connectivity index (χ1n) is 3.30. The molecule has 1 unspecified atom stereocenters. The van der Waals surface area contributed by atoms with Crippen molar-refractivity contribution in [2.75, 3.05) is 0 Å². The highest BCUT2D eigenvalue weighted by Crippen LogP contribution is 2.20. The zero-order chi connectivity index (χ0) is 9.14. The predicted octanol–water partition coefficient (Wildman–Crippen LogP) is 1.45. The standard InChI is InChI=1S/C6H7ClN2O2S/c1-3(6(10)11)2-4-5(7)12-9-8-4/h3H,2H2,1H3,(H,10,11). The fourth-order valence-corrected chi connectivity index (χ4v) is 1.34. The van der Waals surface area contributed by atoms with Crippen LogP contribution in [0.4, 0.5) is 0 Å². The number of carbonyl (C=O) groups is 1. The quantitative estimate of drug-likeness (QED) is 0.813. The number of carboxylic acids is 1. The molecule has 6 heteroatoms. The van der Waals surface area contributed by atoms with Crippen LogP contribution in [0.15, 0.2) is 0 Å². The van der Waals surface area contributed by atoms with Gasteiger partial charge in [-0.2, -0.15) is 0 Å². The topological polar surface area (TPSA) is 63.1 Å². The van der Waals surface area contributed by atoms with Gasteiger partial charge in [-0.05, 0) is 0 Å². The molecule has 1 aromatic heterocycles. The minimum absolute atomic E-state index is 0.338. The summed E-state index contributed by atoms with van der Waals surface area (Å²) in [5.41, 5.74) is 0.566. The summed E-state index contributed by atoms with van der Waals surface area (Å²) in [6.07, 6.45) is 0.338. The first kappa shape index (κ1) is 9.41. The predicted molar refractivity (Wildman–Crippen MR) is 45.4 cm³/mol. The van der Waals surface area contributed by atoms with Crippen molar-refractivity contribution in [3.05, 3.63) is 10.0 Å². The van der Waals surface area contributed by atoms with E-state index in [4.69, 9.17) is 16.7 Å². The molecular formula is C6H7ClN2O2S. The molecule has 1 heterocycles. The normalized spacial score (nSPS) is 12.8. The highest BCUT2D eigenvalue weighted by atomic mass is 35.5. The van der Waals surface area contributed by atoms with Crippen LogP contribution in [-0.2, 0) is 11.2 Å². The molecule has 12 heavy (non-hydrogen) atoms. The monoisotopic (exact) mass is 206 g/mol. The molecule has 0 bridgehead atoms. The Hall–Kier alpha value is -0.680. The lowest BCUT2D eigenvalue weighted by Crippen LogP contribution is -2.12. The molecular weight excluding hydrogens is 200 g/mol. The summed E-state index contributed by atoms with van der Waals surface area (Å²) in [6.45, 7) is 1.61. The Labute approximate surface area is 78.3 Å². The van der Waals surface area contributed by atoms with Gasteiger partial charge in [0.1, 0.15) is 4.34 Å². The number of hydrogen-bond donors (Lipinski definition) is 1. The Morgan fingerprint density at radius 3 is 2.92 bits per heavy atom. The summed E-state index contributed by atoms with van der Waals surface area (Å²) >= 11 is 6.76. The number of rotatable bonds is 3. The van der Waals surface area contributed by atoms with Crippen LogP contribution in [0.2, 0.25) is 4.34 Å². The Bertz CT molecular complexity index is 289. The van der Waals surface area contributed by atoms with E-state index in [1.165, 1.54) is 0 Å². The molecule has 1 atom stereocenters. The van der Waals surface area contributed by atoms with Gasteiger partial charge in [0.05, 0.1) is 11.6 Å². The van der Waals surface area contributed by atoms with Gasteiger partial charge < -0.3 is 5.11 Å². The zero-order valence-corrected chi connectivity index (χ0v) is 7.89. The SMILES string of the molecule is CC(Cc1nnsc1Cl)C(=O)O. The van der Waals surface area contributed by atoms with Crippen LogP contribution >= 0.6 is 23.1 Å². The Morgan fingerprint density at radius 2 is 2.50 bits per heavy atom. The molecule has 0 aliphatic carbocycles. The smallest absolute Gasteiger partial charge is 0.306 e. The van der Waals surface area contributed by atoms with Crippen LogP contribution in [0.25, 0.3) is 0 Å². The average molecular weight is 207 g/mol. The third-order valence-corrected chi connectivity index (χ3v) is 2.41. The van der Waals surface area contributed by atoms with Crippen molar-refractivity contribution in [3.8, 4) is 0 Å². The second kappa shape index (κ2) is 3.82. The molecule has 0 amide bonds. The summed E-state index contributed by atoms with van der Waals surface area (Å²) in [4.78, 5) is 10.4. The van der Waals surface area contributed by atoms with E-state index in [2.05, 4.69) is 9.59 Å². The first-order chi connectivity index (χ1) is 5.61. The molecule has 1 rings (SSSR count). The van der Waals surface area contributed by atoms with Gasteiger partial charge in [0, 0.05) is 18.0 Å². The van der Waals surface area contributed by atoms with Gasteiger partial charge in [-0.25, -0.2) is 0 Å². The summed E-state index contributed by atoms with van der Waals surface area (Å²) in [5.74, 6) is -1.31.